The number of hydrogen-bond acceptors (Lipinski definition) is 4. The average molecular weight is 379 g/mol. The summed E-state index contributed by atoms with van der Waals surface area (Å²) in [6.45, 7) is 9.76. The Labute approximate surface area is 168 Å². The highest BCUT2D eigenvalue weighted by Crippen LogP contribution is 2.24. The SMILES string of the molecule is Cc1cccc(N2CCN(C(=O)c3cncc(N4CCC(C)CC4)c3)CC2)c1. The Bertz CT molecular complexity index is 821. The second-order valence-corrected chi connectivity index (χ2v) is 8.22. The lowest BCUT2D eigenvalue weighted by molar-refractivity contribution is 0.0746. The highest BCUT2D eigenvalue weighted by molar-refractivity contribution is 5.95. The number of carbonyl (C=O) groups is 1. The number of piperidine rings is 1. The molecule has 2 aliphatic rings. The van der Waals surface area contributed by atoms with Crippen LogP contribution in [0.25, 0.3) is 0 Å². The van der Waals surface area contributed by atoms with Gasteiger partial charge in [0.2, 0.25) is 0 Å². The molecule has 0 atom stereocenters. The van der Waals surface area contributed by atoms with Crippen LogP contribution in [0, 0.1) is 12.8 Å². The fourth-order valence-electron chi connectivity index (χ4n) is 4.16. The molecule has 0 N–H and O–H groups in total. The van der Waals surface area contributed by atoms with Gasteiger partial charge in [-0.25, -0.2) is 0 Å². The normalized spacial score (nSPS) is 18.4. The van der Waals surface area contributed by atoms with E-state index in [0.717, 1.165) is 50.9 Å². The quantitative estimate of drug-likeness (QED) is 0.818. The summed E-state index contributed by atoms with van der Waals surface area (Å²) in [6, 6.07) is 10.6. The summed E-state index contributed by atoms with van der Waals surface area (Å²) in [5.41, 5.74) is 4.30. The first-order chi connectivity index (χ1) is 13.6. The van der Waals surface area contributed by atoms with Crippen molar-refractivity contribution in [1.82, 2.24) is 9.88 Å². The van der Waals surface area contributed by atoms with E-state index in [0.29, 0.717) is 5.56 Å². The number of anilines is 2. The molecule has 2 aliphatic heterocycles. The molecule has 0 bridgehead atoms. The van der Waals surface area contributed by atoms with Crippen molar-refractivity contribution in [1.29, 1.82) is 0 Å². The molecule has 2 saturated heterocycles. The van der Waals surface area contributed by atoms with Gasteiger partial charge in [-0.2, -0.15) is 0 Å². The van der Waals surface area contributed by atoms with Crippen LogP contribution >= 0.6 is 0 Å². The lowest BCUT2D eigenvalue weighted by atomic mass is 9.99. The van der Waals surface area contributed by atoms with Crippen LogP contribution in [-0.4, -0.2) is 55.1 Å². The number of benzene rings is 1. The number of piperazine rings is 1. The minimum absolute atomic E-state index is 0.101. The summed E-state index contributed by atoms with van der Waals surface area (Å²) < 4.78 is 0. The Morgan fingerprint density at radius 3 is 2.36 bits per heavy atom. The zero-order valence-corrected chi connectivity index (χ0v) is 17.0. The van der Waals surface area contributed by atoms with Crippen molar-refractivity contribution in [3.8, 4) is 0 Å². The van der Waals surface area contributed by atoms with Crippen molar-refractivity contribution in [3.63, 3.8) is 0 Å². The topological polar surface area (TPSA) is 39.7 Å². The predicted octanol–water partition coefficient (Wildman–Crippen LogP) is 3.59. The maximum absolute atomic E-state index is 13.0. The lowest BCUT2D eigenvalue weighted by Gasteiger charge is -2.36. The maximum atomic E-state index is 13.0. The van der Waals surface area contributed by atoms with Gasteiger partial charge < -0.3 is 14.7 Å². The summed E-state index contributed by atoms with van der Waals surface area (Å²) in [7, 11) is 0. The molecule has 1 aromatic heterocycles. The third-order valence-electron chi connectivity index (χ3n) is 6.05. The van der Waals surface area contributed by atoms with E-state index in [1.54, 1.807) is 6.20 Å². The van der Waals surface area contributed by atoms with Crippen LogP contribution in [0.1, 0.15) is 35.7 Å². The van der Waals surface area contributed by atoms with Crippen LogP contribution in [0.15, 0.2) is 42.7 Å². The third kappa shape index (κ3) is 4.13. The smallest absolute Gasteiger partial charge is 0.255 e. The number of nitrogens with zero attached hydrogens (tertiary/aromatic N) is 4. The fourth-order valence-corrected chi connectivity index (χ4v) is 4.16. The minimum Gasteiger partial charge on any atom is -0.370 e. The van der Waals surface area contributed by atoms with Gasteiger partial charge in [0.15, 0.2) is 0 Å². The van der Waals surface area contributed by atoms with Crippen LogP contribution in [0.3, 0.4) is 0 Å². The number of aryl methyl sites for hydroxylation is 1. The van der Waals surface area contributed by atoms with Gasteiger partial charge in [-0.15, -0.1) is 0 Å². The molecular weight excluding hydrogens is 348 g/mol. The molecule has 1 amide bonds. The van der Waals surface area contributed by atoms with Crippen molar-refractivity contribution in [3.05, 3.63) is 53.9 Å². The molecule has 148 valence electrons. The molecular formula is C23H30N4O. The first kappa shape index (κ1) is 18.8. The second-order valence-electron chi connectivity index (χ2n) is 8.22. The van der Waals surface area contributed by atoms with E-state index in [9.17, 15) is 4.79 Å². The van der Waals surface area contributed by atoms with Crippen molar-refractivity contribution in [2.24, 2.45) is 5.92 Å². The van der Waals surface area contributed by atoms with Gasteiger partial charge in [-0.3, -0.25) is 9.78 Å². The second kappa shape index (κ2) is 8.21. The Morgan fingerprint density at radius 2 is 1.64 bits per heavy atom. The van der Waals surface area contributed by atoms with E-state index in [-0.39, 0.29) is 5.91 Å². The molecule has 1 aromatic carbocycles. The molecule has 5 heteroatoms. The summed E-state index contributed by atoms with van der Waals surface area (Å²) in [5.74, 6) is 0.891. The molecule has 3 heterocycles. The Hall–Kier alpha value is -2.56. The number of hydrogen-bond donors (Lipinski definition) is 0. The van der Waals surface area contributed by atoms with E-state index in [2.05, 4.69) is 52.9 Å². The Morgan fingerprint density at radius 1 is 0.929 bits per heavy atom. The van der Waals surface area contributed by atoms with Crippen molar-refractivity contribution in [2.45, 2.75) is 26.7 Å². The summed E-state index contributed by atoms with van der Waals surface area (Å²) in [6.07, 6.45) is 6.02. The number of amides is 1. The molecule has 2 fully saturated rings. The fraction of sp³-hybridized carbons (Fsp3) is 0.478. The van der Waals surface area contributed by atoms with Gasteiger partial charge in [0, 0.05) is 51.2 Å². The monoisotopic (exact) mass is 378 g/mol. The van der Waals surface area contributed by atoms with Gasteiger partial charge in [0.25, 0.3) is 5.91 Å². The molecule has 0 aliphatic carbocycles. The molecule has 5 nitrogen and oxygen atoms in total. The Balaban J connectivity index is 1.39. The minimum atomic E-state index is 0.101. The summed E-state index contributed by atoms with van der Waals surface area (Å²) >= 11 is 0. The van der Waals surface area contributed by atoms with Crippen LogP contribution in [0.4, 0.5) is 11.4 Å². The number of pyridine rings is 1. The van der Waals surface area contributed by atoms with E-state index in [4.69, 9.17) is 0 Å². The van der Waals surface area contributed by atoms with Crippen LogP contribution in [0.5, 0.6) is 0 Å². The molecule has 0 unspecified atom stereocenters. The molecule has 0 saturated carbocycles. The summed E-state index contributed by atoms with van der Waals surface area (Å²) in [5, 5.41) is 0. The van der Waals surface area contributed by atoms with E-state index < -0.39 is 0 Å². The summed E-state index contributed by atoms with van der Waals surface area (Å²) in [4.78, 5) is 24.1. The standard InChI is InChI=1S/C23H30N4O/c1-18-6-8-25(9-7-18)22-15-20(16-24-17-22)23(28)27-12-10-26(11-13-27)21-5-3-4-19(2)14-21/h3-5,14-18H,6-13H2,1-2H3. The molecule has 4 rings (SSSR count). The zero-order chi connectivity index (χ0) is 19.5. The third-order valence-corrected chi connectivity index (χ3v) is 6.05. The van der Waals surface area contributed by atoms with E-state index in [1.807, 2.05) is 17.2 Å². The zero-order valence-electron chi connectivity index (χ0n) is 17.0. The van der Waals surface area contributed by atoms with Gasteiger partial charge in [0.05, 0.1) is 17.4 Å². The molecule has 28 heavy (non-hydrogen) atoms. The van der Waals surface area contributed by atoms with E-state index >= 15 is 0 Å². The lowest BCUT2D eigenvalue weighted by Crippen LogP contribution is -2.48. The predicted molar refractivity (Wildman–Crippen MR) is 114 cm³/mol. The average Bonchev–Trinajstić information content (AvgIpc) is 2.74. The van der Waals surface area contributed by atoms with Gasteiger partial charge in [-0.05, 0) is 49.4 Å². The number of carbonyl (C=O) groups excluding carboxylic acids is 1. The Kier molecular flexibility index (Phi) is 5.51. The van der Waals surface area contributed by atoms with Crippen molar-refractivity contribution < 1.29 is 4.79 Å². The van der Waals surface area contributed by atoms with Gasteiger partial charge in [0.1, 0.15) is 0 Å². The first-order valence-electron chi connectivity index (χ1n) is 10.4. The maximum Gasteiger partial charge on any atom is 0.255 e. The van der Waals surface area contributed by atoms with Gasteiger partial charge >= 0.3 is 0 Å². The first-order valence-corrected chi connectivity index (χ1v) is 10.4. The van der Waals surface area contributed by atoms with Crippen LogP contribution < -0.4 is 9.80 Å². The van der Waals surface area contributed by atoms with Crippen molar-refractivity contribution >= 4 is 17.3 Å². The number of rotatable bonds is 3. The van der Waals surface area contributed by atoms with Crippen LogP contribution in [-0.2, 0) is 0 Å². The molecule has 0 radical (unpaired) electrons. The van der Waals surface area contributed by atoms with Crippen LogP contribution in [0.2, 0.25) is 0 Å². The highest BCUT2D eigenvalue weighted by atomic mass is 16.2. The van der Waals surface area contributed by atoms with Crippen molar-refractivity contribution in [2.75, 3.05) is 49.1 Å². The highest BCUT2D eigenvalue weighted by Gasteiger charge is 2.24. The molecule has 2 aromatic rings. The number of aromatic nitrogens is 1. The van der Waals surface area contributed by atoms with E-state index in [1.165, 1.54) is 24.1 Å². The largest absolute Gasteiger partial charge is 0.370 e. The van der Waals surface area contributed by atoms with Gasteiger partial charge in [-0.1, -0.05) is 19.1 Å². The molecule has 0 spiro atoms.